The number of nitro groups is 1. The van der Waals surface area contributed by atoms with Crippen LogP contribution in [0.3, 0.4) is 0 Å². The monoisotopic (exact) mass is 550 g/mol. The molecule has 2 aromatic carbocycles. The zero-order valence-electron chi connectivity index (χ0n) is 22.3. The Balaban J connectivity index is 2.50. The number of rotatable bonds is 13. The first kappa shape index (κ1) is 30.4. The Morgan fingerprint density at radius 2 is 1.71 bits per heavy atom. The van der Waals surface area contributed by atoms with Crippen molar-refractivity contribution in [3.63, 3.8) is 0 Å². The lowest BCUT2D eigenvalue weighted by Gasteiger charge is -2.32. The molecule has 1 N–H and O–H groups in total. The van der Waals surface area contributed by atoms with Crippen LogP contribution in [0.1, 0.15) is 32.8 Å². The standard InChI is InChI=1S/C25H34N4O8S/c1-7-17(2)26-25(31)18(3)27(15-19-8-11-21(36-4)12-9-19)24(30)16-28(38(6,34)35)22-14-20(29(32)33)10-13-23(22)37-5/h8-14,17-18H,7,15-16H2,1-6H3,(H,26,31)/t17-,18-/m1/s1. The van der Waals surface area contributed by atoms with E-state index >= 15 is 0 Å². The highest BCUT2D eigenvalue weighted by Gasteiger charge is 2.32. The van der Waals surface area contributed by atoms with E-state index in [1.54, 1.807) is 31.2 Å². The molecule has 0 heterocycles. The number of benzene rings is 2. The lowest BCUT2D eigenvalue weighted by atomic mass is 10.1. The summed E-state index contributed by atoms with van der Waals surface area (Å²) in [4.78, 5) is 38.6. The van der Waals surface area contributed by atoms with Crippen LogP contribution in [0.4, 0.5) is 11.4 Å². The summed E-state index contributed by atoms with van der Waals surface area (Å²) in [6.45, 7) is 4.58. The number of non-ortho nitro benzene ring substituents is 1. The van der Waals surface area contributed by atoms with Gasteiger partial charge in [0.25, 0.3) is 5.69 Å². The molecular formula is C25H34N4O8S. The Morgan fingerprint density at radius 3 is 2.21 bits per heavy atom. The van der Waals surface area contributed by atoms with Crippen LogP contribution in [0, 0.1) is 10.1 Å². The summed E-state index contributed by atoms with van der Waals surface area (Å²) in [5.74, 6) is -0.458. The number of nitro benzene ring substituents is 1. The molecule has 12 nitrogen and oxygen atoms in total. The molecule has 38 heavy (non-hydrogen) atoms. The van der Waals surface area contributed by atoms with E-state index < -0.39 is 39.3 Å². The van der Waals surface area contributed by atoms with Gasteiger partial charge in [-0.05, 0) is 44.0 Å². The van der Waals surface area contributed by atoms with Gasteiger partial charge >= 0.3 is 0 Å². The third-order valence-corrected chi connectivity index (χ3v) is 7.13. The summed E-state index contributed by atoms with van der Waals surface area (Å²) in [6.07, 6.45) is 1.56. The van der Waals surface area contributed by atoms with Crippen molar-refractivity contribution in [2.75, 3.05) is 31.3 Å². The van der Waals surface area contributed by atoms with Gasteiger partial charge in [-0.2, -0.15) is 0 Å². The lowest BCUT2D eigenvalue weighted by molar-refractivity contribution is -0.384. The Kier molecular flexibility index (Phi) is 10.5. The van der Waals surface area contributed by atoms with Crippen LogP contribution in [-0.2, 0) is 26.2 Å². The van der Waals surface area contributed by atoms with Gasteiger partial charge in [0.1, 0.15) is 29.8 Å². The van der Waals surface area contributed by atoms with E-state index in [0.29, 0.717) is 17.7 Å². The minimum Gasteiger partial charge on any atom is -0.497 e. The third-order valence-electron chi connectivity index (χ3n) is 6.00. The highest BCUT2D eigenvalue weighted by atomic mass is 32.2. The molecular weight excluding hydrogens is 516 g/mol. The van der Waals surface area contributed by atoms with Crippen molar-refractivity contribution in [2.24, 2.45) is 0 Å². The Morgan fingerprint density at radius 1 is 1.08 bits per heavy atom. The first-order valence-electron chi connectivity index (χ1n) is 11.8. The maximum Gasteiger partial charge on any atom is 0.271 e. The second-order valence-corrected chi connectivity index (χ2v) is 10.7. The van der Waals surface area contributed by atoms with Crippen molar-refractivity contribution < 1.29 is 32.4 Å². The number of methoxy groups -OCH3 is 2. The number of nitrogens with zero attached hydrogens (tertiary/aromatic N) is 3. The number of carbonyl (C=O) groups is 2. The fourth-order valence-corrected chi connectivity index (χ4v) is 4.40. The molecule has 0 aromatic heterocycles. The minimum atomic E-state index is -4.11. The van der Waals surface area contributed by atoms with Crippen LogP contribution in [0.25, 0.3) is 0 Å². The van der Waals surface area contributed by atoms with Crippen molar-refractivity contribution in [1.29, 1.82) is 0 Å². The van der Waals surface area contributed by atoms with Gasteiger partial charge in [0, 0.05) is 24.7 Å². The summed E-state index contributed by atoms with van der Waals surface area (Å²) >= 11 is 0. The molecule has 0 fully saturated rings. The summed E-state index contributed by atoms with van der Waals surface area (Å²) < 4.78 is 36.7. The molecule has 0 spiro atoms. The SMILES string of the molecule is CC[C@@H](C)NC(=O)[C@@H](C)N(Cc1ccc(OC)cc1)C(=O)CN(c1cc([N+](=O)[O-])ccc1OC)S(C)(=O)=O. The van der Waals surface area contributed by atoms with Gasteiger partial charge in [0.05, 0.1) is 25.4 Å². The third kappa shape index (κ3) is 7.81. The molecule has 208 valence electrons. The van der Waals surface area contributed by atoms with E-state index in [2.05, 4.69) is 5.32 Å². The number of sulfonamides is 1. The highest BCUT2D eigenvalue weighted by Crippen LogP contribution is 2.34. The molecule has 2 atom stereocenters. The van der Waals surface area contributed by atoms with Crippen LogP contribution in [0.5, 0.6) is 11.5 Å². The van der Waals surface area contributed by atoms with Gasteiger partial charge in [-0.1, -0.05) is 19.1 Å². The predicted octanol–water partition coefficient (Wildman–Crippen LogP) is 2.71. The normalized spacial score (nSPS) is 12.7. The van der Waals surface area contributed by atoms with Gasteiger partial charge in [0.15, 0.2) is 0 Å². The molecule has 13 heteroatoms. The van der Waals surface area contributed by atoms with Crippen molar-refractivity contribution in [2.45, 2.75) is 45.8 Å². The molecule has 2 amide bonds. The average molecular weight is 551 g/mol. The van der Waals surface area contributed by atoms with E-state index in [1.165, 1.54) is 31.3 Å². The number of amides is 2. The first-order chi connectivity index (χ1) is 17.8. The van der Waals surface area contributed by atoms with Crippen molar-refractivity contribution in [3.8, 4) is 11.5 Å². The molecule has 0 unspecified atom stereocenters. The lowest BCUT2D eigenvalue weighted by Crippen LogP contribution is -2.52. The van der Waals surface area contributed by atoms with E-state index in [0.717, 1.165) is 16.6 Å². The smallest absolute Gasteiger partial charge is 0.271 e. The Labute approximate surface area is 222 Å². The fraction of sp³-hybridized carbons (Fsp3) is 0.440. The Bertz CT molecular complexity index is 1250. The molecule has 0 saturated carbocycles. The number of hydrogen-bond donors (Lipinski definition) is 1. The second-order valence-electron chi connectivity index (χ2n) is 8.75. The van der Waals surface area contributed by atoms with Gasteiger partial charge < -0.3 is 19.7 Å². The van der Waals surface area contributed by atoms with E-state index in [9.17, 15) is 28.1 Å². The molecule has 0 saturated heterocycles. The van der Waals surface area contributed by atoms with Gasteiger partial charge in [-0.3, -0.25) is 24.0 Å². The van der Waals surface area contributed by atoms with Crippen molar-refractivity contribution >= 4 is 33.2 Å². The summed E-state index contributed by atoms with van der Waals surface area (Å²) in [5.41, 5.74) is 0.137. The maximum atomic E-state index is 13.7. The number of hydrogen-bond acceptors (Lipinski definition) is 8. The maximum absolute atomic E-state index is 13.7. The minimum absolute atomic E-state index is 0.00158. The average Bonchev–Trinajstić information content (AvgIpc) is 2.88. The van der Waals surface area contributed by atoms with E-state index in [-0.39, 0.29) is 29.7 Å². The predicted molar refractivity (Wildman–Crippen MR) is 143 cm³/mol. The number of anilines is 1. The topological polar surface area (TPSA) is 148 Å². The zero-order valence-corrected chi connectivity index (χ0v) is 23.1. The highest BCUT2D eigenvalue weighted by molar-refractivity contribution is 7.92. The van der Waals surface area contributed by atoms with Gasteiger partial charge in [-0.25, -0.2) is 8.42 Å². The van der Waals surface area contributed by atoms with Crippen LogP contribution in [0.15, 0.2) is 42.5 Å². The number of carbonyl (C=O) groups excluding carboxylic acids is 2. The van der Waals surface area contributed by atoms with E-state index in [4.69, 9.17) is 9.47 Å². The molecule has 0 radical (unpaired) electrons. The van der Waals surface area contributed by atoms with Gasteiger partial charge in [-0.15, -0.1) is 0 Å². The quantitative estimate of drug-likeness (QED) is 0.296. The first-order valence-corrected chi connectivity index (χ1v) is 13.7. The largest absolute Gasteiger partial charge is 0.497 e. The van der Waals surface area contributed by atoms with Crippen molar-refractivity contribution in [1.82, 2.24) is 10.2 Å². The molecule has 0 aliphatic carbocycles. The van der Waals surface area contributed by atoms with Crippen LogP contribution in [0.2, 0.25) is 0 Å². The summed E-state index contributed by atoms with van der Waals surface area (Å²) in [7, 11) is -1.30. The number of ether oxygens (including phenoxy) is 2. The number of nitrogens with one attached hydrogen (secondary N) is 1. The second kappa shape index (κ2) is 13.1. The van der Waals surface area contributed by atoms with E-state index in [1.807, 2.05) is 13.8 Å². The molecule has 2 aromatic rings. The molecule has 0 aliphatic heterocycles. The van der Waals surface area contributed by atoms with Crippen molar-refractivity contribution in [3.05, 3.63) is 58.1 Å². The van der Waals surface area contributed by atoms with Crippen LogP contribution >= 0.6 is 0 Å². The molecule has 0 bridgehead atoms. The van der Waals surface area contributed by atoms with Crippen LogP contribution in [-0.4, -0.2) is 69.2 Å². The van der Waals surface area contributed by atoms with Crippen LogP contribution < -0.4 is 19.1 Å². The summed E-state index contributed by atoms with van der Waals surface area (Å²) in [5, 5.41) is 14.2. The zero-order chi connectivity index (χ0) is 28.6. The molecule has 0 aliphatic rings. The van der Waals surface area contributed by atoms with Gasteiger partial charge in [0.2, 0.25) is 21.8 Å². The summed E-state index contributed by atoms with van der Waals surface area (Å²) in [6, 6.07) is 9.25. The Hall–Kier alpha value is -3.87. The fourth-order valence-electron chi connectivity index (χ4n) is 3.56. The molecule has 2 rings (SSSR count).